The molecule has 0 fully saturated rings. The second-order valence-corrected chi connectivity index (χ2v) is 8.13. The number of β-amino-alcohol motifs (C(OH)–C–C–N with tert-alkyl or cyclic N) is 1. The molecule has 154 valence electrons. The third-order valence-electron chi connectivity index (χ3n) is 4.59. The summed E-state index contributed by atoms with van der Waals surface area (Å²) in [5.74, 6) is -1.33. The van der Waals surface area contributed by atoms with E-state index in [4.69, 9.17) is 5.11 Å². The molecule has 0 saturated heterocycles. The number of aliphatic hydroxyl groups is 1. The van der Waals surface area contributed by atoms with Crippen LogP contribution in [0.25, 0.3) is 0 Å². The molecule has 5 nitrogen and oxygen atoms in total. The maximum absolute atomic E-state index is 13.4. The minimum atomic E-state index is -1.28. The summed E-state index contributed by atoms with van der Waals surface area (Å²) in [6, 6.07) is 2.55. The number of carboxylic acid groups (broad SMARTS) is 1. The third kappa shape index (κ3) is 9.15. The zero-order valence-corrected chi connectivity index (χ0v) is 16.6. The predicted octanol–water partition coefficient (Wildman–Crippen LogP) is 3.70. The van der Waals surface area contributed by atoms with Crippen LogP contribution in [0.15, 0.2) is 18.2 Å². The predicted molar refractivity (Wildman–Crippen MR) is 102 cm³/mol. The molecule has 0 unspecified atom stereocenters. The number of carbonyl (C=O) groups is 1. The Hall–Kier alpha value is -1.73. The summed E-state index contributed by atoms with van der Waals surface area (Å²) in [4.78, 5) is 11.1. The fraction of sp³-hybridized carbons (Fsp3) is 0.650. The van der Waals surface area contributed by atoms with Crippen LogP contribution in [-0.4, -0.2) is 40.5 Å². The van der Waals surface area contributed by atoms with E-state index in [0.717, 1.165) is 31.4 Å². The zero-order valence-electron chi connectivity index (χ0n) is 16.6. The van der Waals surface area contributed by atoms with Crippen molar-refractivity contribution in [2.45, 2.75) is 71.1 Å². The van der Waals surface area contributed by atoms with Gasteiger partial charge in [-0.15, -0.1) is 0 Å². The summed E-state index contributed by atoms with van der Waals surface area (Å²) < 4.78 is 26.5. The molecule has 0 saturated carbocycles. The second kappa shape index (κ2) is 10.6. The van der Waals surface area contributed by atoms with Crippen molar-refractivity contribution >= 4 is 6.09 Å². The molecule has 2 atom stereocenters. The number of nitrogens with one attached hydrogen (secondary N) is 2. The topological polar surface area (TPSA) is 81.6 Å². The van der Waals surface area contributed by atoms with Gasteiger partial charge in [0.1, 0.15) is 0 Å². The lowest BCUT2D eigenvalue weighted by Crippen LogP contribution is -2.52. The van der Waals surface area contributed by atoms with Crippen LogP contribution in [0.1, 0.15) is 52.5 Å². The molecule has 0 aliphatic heterocycles. The van der Waals surface area contributed by atoms with Crippen molar-refractivity contribution in [3.63, 3.8) is 0 Å². The summed E-state index contributed by atoms with van der Waals surface area (Å²) in [6.45, 7) is 8.60. The Morgan fingerprint density at radius 3 is 2.44 bits per heavy atom. The quantitative estimate of drug-likeness (QED) is 0.467. The van der Waals surface area contributed by atoms with Crippen molar-refractivity contribution in [3.05, 3.63) is 35.4 Å². The molecule has 1 aromatic rings. The van der Waals surface area contributed by atoms with Gasteiger partial charge in [-0.3, -0.25) is 0 Å². The molecule has 0 aromatic heterocycles. The highest BCUT2D eigenvalue weighted by Crippen LogP contribution is 2.17. The molecule has 0 radical (unpaired) electrons. The molecule has 0 heterocycles. The van der Waals surface area contributed by atoms with Crippen molar-refractivity contribution in [2.75, 3.05) is 6.54 Å². The Kier molecular flexibility index (Phi) is 9.12. The maximum atomic E-state index is 13.4. The molecule has 0 aliphatic carbocycles. The standard InChI is InChI=1S/C20H32F2N2O3/c1-13(2)6-5-9-20(3,4)23-12-18(25)17(24-19(26)27)11-14-7-8-15(21)16(22)10-14/h7-8,10,13,17-18,23-25H,5-6,9,11-12H2,1-4H3,(H,26,27)/t17-,18-/m0/s1. The average molecular weight is 386 g/mol. The van der Waals surface area contributed by atoms with Crippen LogP contribution in [0.4, 0.5) is 13.6 Å². The highest BCUT2D eigenvalue weighted by atomic mass is 19.2. The first-order valence-corrected chi connectivity index (χ1v) is 9.36. The van der Waals surface area contributed by atoms with Gasteiger partial charge >= 0.3 is 6.09 Å². The molecule has 1 aromatic carbocycles. The largest absolute Gasteiger partial charge is 0.465 e. The van der Waals surface area contributed by atoms with E-state index in [9.17, 15) is 18.7 Å². The number of hydrogen-bond acceptors (Lipinski definition) is 3. The Bertz CT molecular complexity index is 609. The van der Waals surface area contributed by atoms with E-state index in [1.807, 2.05) is 13.8 Å². The first-order valence-electron chi connectivity index (χ1n) is 9.36. The molecule has 4 N–H and O–H groups in total. The minimum Gasteiger partial charge on any atom is -0.465 e. The first kappa shape index (κ1) is 23.3. The maximum Gasteiger partial charge on any atom is 0.404 e. The molecule has 0 bridgehead atoms. The van der Waals surface area contributed by atoms with Gasteiger partial charge in [-0.05, 0) is 50.3 Å². The van der Waals surface area contributed by atoms with Gasteiger partial charge in [0, 0.05) is 12.1 Å². The lowest BCUT2D eigenvalue weighted by Gasteiger charge is -2.30. The van der Waals surface area contributed by atoms with Gasteiger partial charge in [-0.1, -0.05) is 32.8 Å². The zero-order chi connectivity index (χ0) is 20.6. The third-order valence-corrected chi connectivity index (χ3v) is 4.59. The number of benzene rings is 1. The smallest absolute Gasteiger partial charge is 0.404 e. The van der Waals surface area contributed by atoms with Gasteiger partial charge in [0.15, 0.2) is 11.6 Å². The van der Waals surface area contributed by atoms with E-state index in [2.05, 4.69) is 24.5 Å². The van der Waals surface area contributed by atoms with Crippen molar-refractivity contribution in [3.8, 4) is 0 Å². The summed E-state index contributed by atoms with van der Waals surface area (Å²) in [7, 11) is 0. The van der Waals surface area contributed by atoms with Crippen LogP contribution in [-0.2, 0) is 6.42 Å². The van der Waals surface area contributed by atoms with Crippen LogP contribution in [0.5, 0.6) is 0 Å². The molecule has 7 heteroatoms. The van der Waals surface area contributed by atoms with E-state index < -0.39 is 29.9 Å². The Morgan fingerprint density at radius 1 is 1.22 bits per heavy atom. The fourth-order valence-electron chi connectivity index (χ4n) is 2.93. The summed E-state index contributed by atoms with van der Waals surface area (Å²) >= 11 is 0. The Labute approximate surface area is 160 Å². The van der Waals surface area contributed by atoms with Crippen molar-refractivity contribution < 1.29 is 23.8 Å². The molecular formula is C20H32F2N2O3. The van der Waals surface area contributed by atoms with E-state index in [-0.39, 0.29) is 18.5 Å². The lowest BCUT2D eigenvalue weighted by molar-refractivity contribution is 0.109. The first-order chi connectivity index (χ1) is 12.5. The van der Waals surface area contributed by atoms with Gasteiger partial charge in [0.2, 0.25) is 0 Å². The van der Waals surface area contributed by atoms with Crippen LogP contribution < -0.4 is 10.6 Å². The monoisotopic (exact) mass is 386 g/mol. The number of hydrogen-bond donors (Lipinski definition) is 4. The van der Waals surface area contributed by atoms with E-state index in [1.54, 1.807) is 0 Å². The van der Waals surface area contributed by atoms with E-state index >= 15 is 0 Å². The minimum absolute atomic E-state index is 0.0557. The second-order valence-electron chi connectivity index (χ2n) is 8.13. The summed E-state index contributed by atoms with van der Waals surface area (Å²) in [5, 5.41) is 25.0. The molecule has 1 amide bonds. The van der Waals surface area contributed by atoms with Crippen LogP contribution >= 0.6 is 0 Å². The molecular weight excluding hydrogens is 354 g/mol. The normalized spacial score (nSPS) is 14.2. The fourth-order valence-corrected chi connectivity index (χ4v) is 2.93. The van der Waals surface area contributed by atoms with Gasteiger partial charge < -0.3 is 20.8 Å². The Morgan fingerprint density at radius 2 is 1.89 bits per heavy atom. The Balaban J connectivity index is 2.67. The van der Waals surface area contributed by atoms with Gasteiger partial charge in [-0.2, -0.15) is 0 Å². The number of halogens is 2. The molecule has 0 aliphatic rings. The van der Waals surface area contributed by atoms with Crippen molar-refractivity contribution in [1.82, 2.24) is 10.6 Å². The van der Waals surface area contributed by atoms with Crippen molar-refractivity contribution in [2.24, 2.45) is 5.92 Å². The SMILES string of the molecule is CC(C)CCCC(C)(C)NC[C@H](O)[C@H](Cc1ccc(F)c(F)c1)NC(=O)O. The average Bonchev–Trinajstić information content (AvgIpc) is 2.54. The number of amides is 1. The van der Waals surface area contributed by atoms with Gasteiger partial charge in [0.25, 0.3) is 0 Å². The number of rotatable bonds is 11. The summed E-state index contributed by atoms with van der Waals surface area (Å²) in [6.07, 6.45) is 0.862. The van der Waals surface area contributed by atoms with Crippen LogP contribution in [0, 0.1) is 17.6 Å². The lowest BCUT2D eigenvalue weighted by atomic mass is 9.93. The van der Waals surface area contributed by atoms with Gasteiger partial charge in [-0.25, -0.2) is 13.6 Å². The highest BCUT2D eigenvalue weighted by molar-refractivity contribution is 5.65. The number of aliphatic hydroxyl groups excluding tert-OH is 1. The van der Waals surface area contributed by atoms with E-state index in [1.165, 1.54) is 6.07 Å². The highest BCUT2D eigenvalue weighted by Gasteiger charge is 2.25. The van der Waals surface area contributed by atoms with Crippen LogP contribution in [0.3, 0.4) is 0 Å². The van der Waals surface area contributed by atoms with Gasteiger partial charge in [0.05, 0.1) is 12.1 Å². The molecule has 0 spiro atoms. The molecule has 1 rings (SSSR count). The van der Waals surface area contributed by atoms with Crippen molar-refractivity contribution in [1.29, 1.82) is 0 Å². The van der Waals surface area contributed by atoms with E-state index in [0.29, 0.717) is 11.5 Å². The van der Waals surface area contributed by atoms with Crippen LogP contribution in [0.2, 0.25) is 0 Å². The molecule has 27 heavy (non-hydrogen) atoms. The summed E-state index contributed by atoms with van der Waals surface area (Å²) in [5.41, 5.74) is 0.203.